The highest BCUT2D eigenvalue weighted by Gasteiger charge is 2.20. The van der Waals surface area contributed by atoms with Gasteiger partial charge in [-0.25, -0.2) is 9.97 Å². The third kappa shape index (κ3) is 2.27. The van der Waals surface area contributed by atoms with Gasteiger partial charge >= 0.3 is 0 Å². The molecule has 18 heavy (non-hydrogen) atoms. The monoisotopic (exact) mass is 241 g/mol. The molecule has 1 atom stereocenters. The van der Waals surface area contributed by atoms with Crippen LogP contribution in [-0.2, 0) is 12.8 Å². The molecule has 1 aromatic carbocycles. The van der Waals surface area contributed by atoms with E-state index in [1.807, 2.05) is 24.3 Å². The number of rotatable bonds is 2. The van der Waals surface area contributed by atoms with E-state index in [9.17, 15) is 0 Å². The normalized spacial score (nSPS) is 17.9. The van der Waals surface area contributed by atoms with Crippen LogP contribution in [0.4, 0.5) is 5.82 Å². The fourth-order valence-corrected chi connectivity index (χ4v) is 2.34. The Bertz CT molecular complexity index is 556. The second-order valence-electron chi connectivity index (χ2n) is 4.63. The van der Waals surface area contributed by atoms with Crippen LogP contribution in [0.1, 0.15) is 11.3 Å². The van der Waals surface area contributed by atoms with E-state index in [0.29, 0.717) is 11.7 Å². The first kappa shape index (κ1) is 11.0. The van der Waals surface area contributed by atoms with Gasteiger partial charge in [-0.1, -0.05) is 18.2 Å². The number of anilines is 1. The highest BCUT2D eigenvalue weighted by molar-refractivity contribution is 5.35. The van der Waals surface area contributed by atoms with Crippen molar-refractivity contribution in [2.45, 2.75) is 12.8 Å². The molecule has 2 heterocycles. The van der Waals surface area contributed by atoms with E-state index >= 15 is 0 Å². The van der Waals surface area contributed by atoms with Crippen LogP contribution in [0.15, 0.2) is 36.7 Å². The predicted octanol–water partition coefficient (Wildman–Crippen LogP) is 1.85. The number of aromatic nitrogens is 2. The summed E-state index contributed by atoms with van der Waals surface area (Å²) in [5, 5.41) is 0. The summed E-state index contributed by atoms with van der Waals surface area (Å²) in [6.07, 6.45) is 3.42. The Morgan fingerprint density at radius 3 is 3.06 bits per heavy atom. The third-order valence-electron chi connectivity index (χ3n) is 3.20. The van der Waals surface area contributed by atoms with Crippen molar-refractivity contribution in [3.05, 3.63) is 47.9 Å². The summed E-state index contributed by atoms with van der Waals surface area (Å²) in [7, 11) is 0. The molecule has 2 N–H and O–H groups in total. The van der Waals surface area contributed by atoms with Gasteiger partial charge in [0.1, 0.15) is 17.9 Å². The lowest BCUT2D eigenvalue weighted by molar-refractivity contribution is 0.220. The van der Waals surface area contributed by atoms with Gasteiger partial charge in [0.15, 0.2) is 0 Å². The molecule has 0 fully saturated rings. The molecule has 3 rings (SSSR count). The van der Waals surface area contributed by atoms with Crippen LogP contribution in [0.3, 0.4) is 0 Å². The van der Waals surface area contributed by atoms with Gasteiger partial charge in [0, 0.05) is 17.7 Å². The Morgan fingerprint density at radius 1 is 1.28 bits per heavy atom. The average Bonchev–Trinajstić information content (AvgIpc) is 2.39. The molecule has 1 aliphatic heterocycles. The summed E-state index contributed by atoms with van der Waals surface area (Å²) in [6, 6.07) is 10.0. The van der Waals surface area contributed by atoms with Crippen LogP contribution in [0, 0.1) is 5.92 Å². The number of nitrogen functional groups attached to an aromatic ring is 1. The molecule has 0 spiro atoms. The fraction of sp³-hybridized carbons (Fsp3) is 0.286. The third-order valence-corrected chi connectivity index (χ3v) is 3.20. The van der Waals surface area contributed by atoms with Gasteiger partial charge in [0.2, 0.25) is 0 Å². The minimum Gasteiger partial charge on any atom is -0.493 e. The van der Waals surface area contributed by atoms with Crippen LogP contribution in [0.2, 0.25) is 0 Å². The molecule has 1 aliphatic rings. The number of ether oxygens (including phenoxy) is 1. The number of hydrogen-bond acceptors (Lipinski definition) is 4. The average molecular weight is 241 g/mol. The van der Waals surface area contributed by atoms with Crippen molar-refractivity contribution >= 4 is 5.82 Å². The highest BCUT2D eigenvalue weighted by Crippen LogP contribution is 2.28. The van der Waals surface area contributed by atoms with E-state index in [1.54, 1.807) is 0 Å². The van der Waals surface area contributed by atoms with Gasteiger partial charge in [-0.2, -0.15) is 0 Å². The summed E-state index contributed by atoms with van der Waals surface area (Å²) in [5.74, 6) is 1.99. The van der Waals surface area contributed by atoms with Gasteiger partial charge in [-0.05, 0) is 24.5 Å². The minimum absolute atomic E-state index is 0.453. The van der Waals surface area contributed by atoms with Gasteiger partial charge in [0.25, 0.3) is 0 Å². The Labute approximate surface area is 106 Å². The zero-order chi connectivity index (χ0) is 12.4. The first-order chi connectivity index (χ1) is 8.81. The molecule has 1 aromatic heterocycles. The number of benzene rings is 1. The molecule has 2 aromatic rings. The molecule has 0 bridgehead atoms. The molecule has 4 nitrogen and oxygen atoms in total. The lowest BCUT2D eigenvalue weighted by Crippen LogP contribution is -2.23. The van der Waals surface area contributed by atoms with Crippen LogP contribution >= 0.6 is 0 Å². The van der Waals surface area contributed by atoms with E-state index in [1.165, 1.54) is 11.9 Å². The van der Waals surface area contributed by atoms with Crippen molar-refractivity contribution in [1.82, 2.24) is 9.97 Å². The Balaban J connectivity index is 1.73. The lowest BCUT2D eigenvalue weighted by Gasteiger charge is -2.24. The van der Waals surface area contributed by atoms with Crippen LogP contribution in [0.25, 0.3) is 0 Å². The van der Waals surface area contributed by atoms with Crippen molar-refractivity contribution in [1.29, 1.82) is 0 Å². The Kier molecular flexibility index (Phi) is 2.84. The smallest absolute Gasteiger partial charge is 0.126 e. The molecular weight excluding hydrogens is 226 g/mol. The van der Waals surface area contributed by atoms with E-state index < -0.39 is 0 Å². The molecular formula is C14H15N3O. The number of nitrogens with two attached hydrogens (primary N) is 1. The Morgan fingerprint density at radius 2 is 2.17 bits per heavy atom. The maximum absolute atomic E-state index is 5.76. The maximum Gasteiger partial charge on any atom is 0.126 e. The molecule has 0 radical (unpaired) electrons. The SMILES string of the molecule is Nc1cc(C[C@@H]2COc3ccccc3C2)ncn1. The van der Waals surface area contributed by atoms with Gasteiger partial charge < -0.3 is 10.5 Å². The van der Waals surface area contributed by atoms with Gasteiger partial charge in [0.05, 0.1) is 6.61 Å². The quantitative estimate of drug-likeness (QED) is 0.871. The van der Waals surface area contributed by atoms with Gasteiger partial charge in [-0.15, -0.1) is 0 Å². The summed E-state index contributed by atoms with van der Waals surface area (Å²) in [5.41, 5.74) is 7.91. The standard InChI is InChI=1S/C14H15N3O/c15-14-7-12(16-9-17-14)6-10-5-11-3-1-2-4-13(11)18-8-10/h1-4,7,9-10H,5-6,8H2,(H2,15,16,17)/t10-/m1/s1. The van der Waals surface area contributed by atoms with Crippen molar-refractivity contribution in [3.63, 3.8) is 0 Å². The zero-order valence-corrected chi connectivity index (χ0v) is 10.0. The second kappa shape index (κ2) is 4.64. The molecule has 0 unspecified atom stereocenters. The lowest BCUT2D eigenvalue weighted by atomic mass is 9.93. The zero-order valence-electron chi connectivity index (χ0n) is 10.0. The first-order valence-electron chi connectivity index (χ1n) is 6.08. The van der Waals surface area contributed by atoms with E-state index in [-0.39, 0.29) is 0 Å². The van der Waals surface area contributed by atoms with Crippen molar-refractivity contribution in [2.75, 3.05) is 12.3 Å². The number of fused-ring (bicyclic) bond motifs is 1. The summed E-state index contributed by atoms with van der Waals surface area (Å²) < 4.78 is 5.76. The molecule has 0 saturated heterocycles. The number of nitrogens with zero attached hydrogens (tertiary/aromatic N) is 2. The molecule has 0 saturated carbocycles. The maximum atomic E-state index is 5.76. The molecule has 4 heteroatoms. The predicted molar refractivity (Wildman–Crippen MR) is 69.3 cm³/mol. The van der Waals surface area contributed by atoms with E-state index in [0.717, 1.165) is 30.9 Å². The molecule has 0 amide bonds. The first-order valence-corrected chi connectivity index (χ1v) is 6.08. The largest absolute Gasteiger partial charge is 0.493 e. The van der Waals surface area contributed by atoms with Crippen LogP contribution in [-0.4, -0.2) is 16.6 Å². The number of hydrogen-bond donors (Lipinski definition) is 1. The van der Waals surface area contributed by atoms with Crippen LogP contribution < -0.4 is 10.5 Å². The minimum atomic E-state index is 0.453. The highest BCUT2D eigenvalue weighted by atomic mass is 16.5. The second-order valence-corrected chi connectivity index (χ2v) is 4.63. The summed E-state index contributed by atoms with van der Waals surface area (Å²) >= 11 is 0. The Hall–Kier alpha value is -2.10. The van der Waals surface area contributed by atoms with Gasteiger partial charge in [-0.3, -0.25) is 0 Å². The fourth-order valence-electron chi connectivity index (χ4n) is 2.34. The number of para-hydroxylation sites is 1. The molecule has 92 valence electrons. The molecule has 0 aliphatic carbocycles. The van der Waals surface area contributed by atoms with Crippen molar-refractivity contribution in [3.8, 4) is 5.75 Å². The summed E-state index contributed by atoms with van der Waals surface area (Å²) in [4.78, 5) is 8.15. The van der Waals surface area contributed by atoms with Crippen LogP contribution in [0.5, 0.6) is 5.75 Å². The van der Waals surface area contributed by atoms with E-state index in [2.05, 4.69) is 16.0 Å². The van der Waals surface area contributed by atoms with E-state index in [4.69, 9.17) is 10.5 Å². The van der Waals surface area contributed by atoms with Crippen molar-refractivity contribution < 1.29 is 4.74 Å². The summed E-state index contributed by atoms with van der Waals surface area (Å²) in [6.45, 7) is 0.737. The van der Waals surface area contributed by atoms with Crippen molar-refractivity contribution in [2.24, 2.45) is 5.92 Å². The topological polar surface area (TPSA) is 61.0 Å².